The van der Waals surface area contributed by atoms with Crippen molar-refractivity contribution in [3.05, 3.63) is 36.0 Å². The van der Waals surface area contributed by atoms with Gasteiger partial charge in [-0.1, -0.05) is 45.1 Å². The Balaban J connectivity index is 0.920. The van der Waals surface area contributed by atoms with Crippen molar-refractivity contribution in [3.63, 3.8) is 0 Å². The summed E-state index contributed by atoms with van der Waals surface area (Å²) in [4.78, 5) is 11.6. The standard InChI is InChI=1S/C44H68O13/c1-25-21-34(55-44(23-25)35(46)12-11-31(54-44)24-41(6,50)40(48)49)26(2)9-10-30-14-18-43(53-30)19-15-33-39(57-43)36(47)29(5)38(52-33)32(45)22-28(4)37-27(3)13-17-42(56-37)16-7-8-20-51-42/h9-10,23,26-28,30-39,45-47,50H,5,7-8,11-22,24H2,1-4,6H3,(H,48,49)/b10-9-/t26-,27-,28+,30+,31+,32+,33-,34+,35-,36-,37+,38+,39+,41-,42+,43-,44-/m1/s1. The normalized spacial score (nSPS) is 45.4. The van der Waals surface area contributed by atoms with Crippen molar-refractivity contribution in [1.82, 2.24) is 0 Å². The molecule has 57 heavy (non-hydrogen) atoms. The highest BCUT2D eigenvalue weighted by molar-refractivity contribution is 5.76. The van der Waals surface area contributed by atoms with E-state index in [0.717, 1.165) is 50.7 Å². The first-order valence-corrected chi connectivity index (χ1v) is 21.7. The second-order valence-electron chi connectivity index (χ2n) is 18.9. The van der Waals surface area contributed by atoms with Gasteiger partial charge in [0.25, 0.3) is 0 Å². The molecule has 7 aliphatic rings. The van der Waals surface area contributed by atoms with Crippen LogP contribution in [0, 0.1) is 17.8 Å². The predicted octanol–water partition coefficient (Wildman–Crippen LogP) is 5.21. The molecule has 3 spiro atoms. The first-order chi connectivity index (χ1) is 26.9. The minimum atomic E-state index is -1.96. The van der Waals surface area contributed by atoms with E-state index in [2.05, 4.69) is 26.5 Å². The maximum Gasteiger partial charge on any atom is 0.335 e. The van der Waals surface area contributed by atoms with Crippen LogP contribution in [0.15, 0.2) is 36.0 Å². The zero-order chi connectivity index (χ0) is 40.9. The molecule has 0 bridgehead atoms. The van der Waals surface area contributed by atoms with Gasteiger partial charge in [-0.2, -0.15) is 0 Å². The van der Waals surface area contributed by atoms with E-state index in [-0.39, 0.29) is 36.6 Å². The van der Waals surface area contributed by atoms with Crippen LogP contribution in [-0.2, 0) is 38.0 Å². The van der Waals surface area contributed by atoms with E-state index in [1.54, 1.807) is 6.08 Å². The summed E-state index contributed by atoms with van der Waals surface area (Å²) >= 11 is 0. The Morgan fingerprint density at radius 1 is 1.00 bits per heavy atom. The Kier molecular flexibility index (Phi) is 12.9. The summed E-state index contributed by atoms with van der Waals surface area (Å²) in [6.45, 7) is 14.5. The van der Waals surface area contributed by atoms with Gasteiger partial charge in [0.15, 0.2) is 17.2 Å². The summed E-state index contributed by atoms with van der Waals surface area (Å²) in [5.74, 6) is -3.82. The van der Waals surface area contributed by atoms with E-state index in [1.165, 1.54) is 6.92 Å². The molecule has 0 unspecified atom stereocenters. The molecular formula is C44H68O13. The maximum absolute atomic E-state index is 11.6. The third kappa shape index (κ3) is 9.15. The van der Waals surface area contributed by atoms with Crippen LogP contribution in [0.25, 0.3) is 0 Å². The highest BCUT2D eigenvalue weighted by atomic mass is 16.7. The van der Waals surface area contributed by atoms with Gasteiger partial charge in [0.2, 0.25) is 5.79 Å². The lowest BCUT2D eigenvalue weighted by Crippen LogP contribution is -2.60. The molecule has 13 heteroatoms. The summed E-state index contributed by atoms with van der Waals surface area (Å²) in [5.41, 5.74) is -0.551. The highest BCUT2D eigenvalue weighted by Crippen LogP contribution is 2.47. The van der Waals surface area contributed by atoms with Gasteiger partial charge in [-0.3, -0.25) is 0 Å². The molecule has 13 nitrogen and oxygen atoms in total. The van der Waals surface area contributed by atoms with Crippen LogP contribution in [-0.4, -0.2) is 122 Å². The zero-order valence-electron chi connectivity index (χ0n) is 34.6. The van der Waals surface area contributed by atoms with Crippen molar-refractivity contribution < 1.29 is 63.5 Å². The quantitative estimate of drug-likeness (QED) is 0.182. The molecule has 0 amide bonds. The highest BCUT2D eigenvalue weighted by Gasteiger charge is 2.55. The van der Waals surface area contributed by atoms with Gasteiger partial charge in [-0.05, 0) is 95.1 Å². The van der Waals surface area contributed by atoms with Crippen molar-refractivity contribution in [2.24, 2.45) is 17.8 Å². The number of aliphatic hydroxyl groups excluding tert-OH is 3. The molecule has 0 aromatic heterocycles. The molecule has 322 valence electrons. The minimum absolute atomic E-state index is 0.0423. The van der Waals surface area contributed by atoms with Gasteiger partial charge >= 0.3 is 5.97 Å². The van der Waals surface area contributed by atoms with Crippen LogP contribution < -0.4 is 0 Å². The summed E-state index contributed by atoms with van der Waals surface area (Å²) in [6, 6.07) is 0. The average Bonchev–Trinajstić information content (AvgIpc) is 3.56. The largest absolute Gasteiger partial charge is 0.479 e. The Morgan fingerprint density at radius 3 is 2.49 bits per heavy atom. The van der Waals surface area contributed by atoms with Gasteiger partial charge < -0.3 is 58.7 Å². The molecule has 7 heterocycles. The van der Waals surface area contributed by atoms with E-state index in [4.69, 9.17) is 33.2 Å². The third-order valence-electron chi connectivity index (χ3n) is 14.0. The van der Waals surface area contributed by atoms with E-state index < -0.39 is 71.7 Å². The number of hydrogen-bond acceptors (Lipinski definition) is 12. The van der Waals surface area contributed by atoms with E-state index >= 15 is 0 Å². The summed E-state index contributed by atoms with van der Waals surface area (Å²) < 4.78 is 45.2. The van der Waals surface area contributed by atoms with Gasteiger partial charge in [-0.15, -0.1) is 0 Å². The number of aliphatic hydroxyl groups is 4. The first kappa shape index (κ1) is 43.3. The number of carboxylic acid groups (broad SMARTS) is 1. The smallest absolute Gasteiger partial charge is 0.335 e. The molecule has 7 rings (SSSR count). The van der Waals surface area contributed by atoms with Crippen molar-refractivity contribution in [2.75, 3.05) is 6.61 Å². The topological polar surface area (TPSA) is 183 Å². The molecule has 0 aromatic rings. The fraction of sp³-hybridized carbons (Fsp3) is 0.841. The second kappa shape index (κ2) is 17.0. The monoisotopic (exact) mass is 804 g/mol. The van der Waals surface area contributed by atoms with Gasteiger partial charge in [0, 0.05) is 38.0 Å². The minimum Gasteiger partial charge on any atom is -0.479 e. The maximum atomic E-state index is 11.6. The fourth-order valence-electron chi connectivity index (χ4n) is 10.5. The van der Waals surface area contributed by atoms with Gasteiger partial charge in [0.1, 0.15) is 24.4 Å². The molecule has 0 radical (unpaired) electrons. The number of carboxylic acids is 1. The Bertz CT molecular complexity index is 1510. The van der Waals surface area contributed by atoms with E-state index in [0.29, 0.717) is 56.4 Å². The first-order valence-electron chi connectivity index (χ1n) is 21.7. The molecule has 6 fully saturated rings. The Labute approximate surface area is 337 Å². The van der Waals surface area contributed by atoms with Crippen LogP contribution in [0.2, 0.25) is 0 Å². The SMILES string of the molecule is C=C1[C@@H](O)[C@H]2O[C@]3(CC[C@H](/C=C\[C@@H](C)[C@@H]4CC(C)=C[C@@]5(O[C@H](C[C@@](C)(O)C(=O)O)CC[C@H]5O)O4)O3)CC[C@H]2O[C@@H]1[C@@H](O)C[C@H](C)[C@H]1O[C@@]2(CCCCO2)CC[C@H]1C. The molecule has 7 aliphatic heterocycles. The Morgan fingerprint density at radius 2 is 1.75 bits per heavy atom. The predicted molar refractivity (Wildman–Crippen MR) is 208 cm³/mol. The molecule has 0 aromatic carbocycles. The van der Waals surface area contributed by atoms with Crippen molar-refractivity contribution >= 4 is 5.97 Å². The number of aliphatic carboxylic acids is 1. The van der Waals surface area contributed by atoms with Crippen LogP contribution in [0.1, 0.15) is 125 Å². The molecule has 5 N–H and O–H groups in total. The fourth-order valence-corrected chi connectivity index (χ4v) is 10.5. The lowest BCUT2D eigenvalue weighted by molar-refractivity contribution is -0.321. The summed E-state index contributed by atoms with van der Waals surface area (Å²) in [7, 11) is 0. The van der Waals surface area contributed by atoms with Crippen LogP contribution in [0.5, 0.6) is 0 Å². The van der Waals surface area contributed by atoms with E-state index in [9.17, 15) is 30.3 Å². The van der Waals surface area contributed by atoms with Crippen LogP contribution in [0.4, 0.5) is 0 Å². The molecular weight excluding hydrogens is 736 g/mol. The van der Waals surface area contributed by atoms with E-state index in [1.807, 2.05) is 19.9 Å². The summed E-state index contributed by atoms with van der Waals surface area (Å²) in [5, 5.41) is 54.0. The van der Waals surface area contributed by atoms with Crippen molar-refractivity contribution in [2.45, 2.75) is 209 Å². The Hall–Kier alpha value is -1.75. The molecule has 0 aliphatic carbocycles. The molecule has 6 saturated heterocycles. The zero-order valence-corrected chi connectivity index (χ0v) is 34.6. The number of carbonyl (C=O) groups is 1. The lowest BCUT2D eigenvalue weighted by atomic mass is 9.79. The second-order valence-corrected chi connectivity index (χ2v) is 18.9. The van der Waals surface area contributed by atoms with Crippen molar-refractivity contribution in [1.29, 1.82) is 0 Å². The molecule has 17 atom stereocenters. The van der Waals surface area contributed by atoms with Crippen LogP contribution in [0.3, 0.4) is 0 Å². The van der Waals surface area contributed by atoms with Crippen molar-refractivity contribution in [3.8, 4) is 0 Å². The van der Waals surface area contributed by atoms with Gasteiger partial charge in [0.05, 0.1) is 43.2 Å². The number of fused-ring (bicyclic) bond motifs is 1. The lowest BCUT2D eigenvalue weighted by Gasteiger charge is -2.50. The van der Waals surface area contributed by atoms with Crippen LogP contribution >= 0.6 is 0 Å². The number of rotatable bonds is 10. The molecule has 0 saturated carbocycles. The number of ether oxygens (including phenoxy) is 7. The summed E-state index contributed by atoms with van der Waals surface area (Å²) in [6.07, 6.45) is 9.37. The van der Waals surface area contributed by atoms with Gasteiger partial charge in [-0.25, -0.2) is 4.79 Å². The third-order valence-corrected chi connectivity index (χ3v) is 14.0. The average molecular weight is 805 g/mol. The number of hydrogen-bond donors (Lipinski definition) is 5.